The molecule has 0 aliphatic rings. The molecular weight excluding hydrogens is 178 g/mol. The summed E-state index contributed by atoms with van der Waals surface area (Å²) in [6, 6.07) is 2.08. The average molecular weight is 195 g/mol. The van der Waals surface area contributed by atoms with Gasteiger partial charge < -0.3 is 16.4 Å². The zero-order chi connectivity index (χ0) is 10.4. The molecule has 1 atom stereocenters. The monoisotopic (exact) mass is 195 g/mol. The number of nitrogens with two attached hydrogens (primary N) is 1. The van der Waals surface area contributed by atoms with Crippen LogP contribution in [0.15, 0.2) is 12.4 Å². The van der Waals surface area contributed by atoms with Crippen molar-refractivity contribution in [2.24, 2.45) is 5.73 Å². The van der Waals surface area contributed by atoms with Gasteiger partial charge >= 0.3 is 0 Å². The Bertz CT molecular complexity index is 274. The standard InChI is InChI=1S/C9H17N5/c1-7(10)3-4-12-9-5-8(11-2)13-6-14-9/h5-7H,3-4,10H2,1-2H3,(H2,11,12,13,14). The van der Waals surface area contributed by atoms with Crippen molar-refractivity contribution in [3.05, 3.63) is 12.4 Å². The van der Waals surface area contributed by atoms with E-state index in [0.29, 0.717) is 0 Å². The zero-order valence-electron chi connectivity index (χ0n) is 8.62. The number of nitrogens with zero attached hydrogens (tertiary/aromatic N) is 2. The average Bonchev–Trinajstić information content (AvgIpc) is 2.18. The third kappa shape index (κ3) is 3.57. The minimum absolute atomic E-state index is 0.216. The molecule has 5 heteroatoms. The summed E-state index contributed by atoms with van der Waals surface area (Å²) in [6.07, 6.45) is 2.46. The van der Waals surface area contributed by atoms with Crippen molar-refractivity contribution in [3.63, 3.8) is 0 Å². The number of hydrogen-bond donors (Lipinski definition) is 3. The summed E-state index contributed by atoms with van der Waals surface area (Å²) in [7, 11) is 1.83. The van der Waals surface area contributed by atoms with Crippen molar-refractivity contribution in [2.75, 3.05) is 24.2 Å². The van der Waals surface area contributed by atoms with Crippen molar-refractivity contribution >= 4 is 11.6 Å². The molecule has 1 unspecified atom stereocenters. The Balaban J connectivity index is 2.42. The van der Waals surface area contributed by atoms with Gasteiger partial charge in [0.25, 0.3) is 0 Å². The highest BCUT2D eigenvalue weighted by molar-refractivity contribution is 5.45. The largest absolute Gasteiger partial charge is 0.373 e. The molecule has 0 radical (unpaired) electrons. The number of anilines is 2. The minimum atomic E-state index is 0.216. The van der Waals surface area contributed by atoms with E-state index < -0.39 is 0 Å². The molecule has 78 valence electrons. The molecule has 1 aromatic heterocycles. The number of rotatable bonds is 5. The second-order valence-electron chi connectivity index (χ2n) is 3.23. The Morgan fingerprint density at radius 2 is 2.14 bits per heavy atom. The summed E-state index contributed by atoms with van der Waals surface area (Å²) in [5.41, 5.74) is 5.63. The quantitative estimate of drug-likeness (QED) is 0.643. The Morgan fingerprint density at radius 1 is 1.43 bits per heavy atom. The summed E-state index contributed by atoms with van der Waals surface area (Å²) in [4.78, 5) is 8.10. The molecule has 0 saturated carbocycles. The van der Waals surface area contributed by atoms with Crippen molar-refractivity contribution < 1.29 is 0 Å². The predicted octanol–water partition coefficient (Wildman–Crippen LogP) is 0.667. The maximum absolute atomic E-state index is 5.63. The predicted molar refractivity (Wildman–Crippen MR) is 58.3 cm³/mol. The third-order valence-electron chi connectivity index (χ3n) is 1.83. The lowest BCUT2D eigenvalue weighted by Crippen LogP contribution is -2.19. The molecule has 0 aliphatic carbocycles. The van der Waals surface area contributed by atoms with Gasteiger partial charge in [-0.15, -0.1) is 0 Å². The molecule has 1 heterocycles. The van der Waals surface area contributed by atoms with Crippen LogP contribution in [0.3, 0.4) is 0 Å². The van der Waals surface area contributed by atoms with E-state index >= 15 is 0 Å². The van der Waals surface area contributed by atoms with Gasteiger partial charge in [-0.25, -0.2) is 9.97 Å². The van der Waals surface area contributed by atoms with Crippen molar-refractivity contribution in [2.45, 2.75) is 19.4 Å². The molecule has 5 nitrogen and oxygen atoms in total. The van der Waals surface area contributed by atoms with Gasteiger partial charge in [0.15, 0.2) is 0 Å². The van der Waals surface area contributed by atoms with E-state index in [1.54, 1.807) is 0 Å². The number of nitrogens with one attached hydrogen (secondary N) is 2. The van der Waals surface area contributed by atoms with Gasteiger partial charge in [-0.05, 0) is 13.3 Å². The fourth-order valence-electron chi connectivity index (χ4n) is 1.02. The molecule has 0 aromatic carbocycles. The maximum atomic E-state index is 5.63. The van der Waals surface area contributed by atoms with Crippen molar-refractivity contribution in [3.8, 4) is 0 Å². The van der Waals surface area contributed by atoms with Gasteiger partial charge in [0.1, 0.15) is 18.0 Å². The van der Waals surface area contributed by atoms with Gasteiger partial charge in [0, 0.05) is 25.7 Å². The van der Waals surface area contributed by atoms with Crippen LogP contribution in [0.2, 0.25) is 0 Å². The van der Waals surface area contributed by atoms with E-state index in [1.165, 1.54) is 6.33 Å². The normalized spacial score (nSPS) is 12.2. The van der Waals surface area contributed by atoms with Crippen LogP contribution >= 0.6 is 0 Å². The topological polar surface area (TPSA) is 75.9 Å². The fourth-order valence-corrected chi connectivity index (χ4v) is 1.02. The third-order valence-corrected chi connectivity index (χ3v) is 1.83. The van der Waals surface area contributed by atoms with E-state index in [4.69, 9.17) is 5.73 Å². The van der Waals surface area contributed by atoms with Crippen LogP contribution in [0.5, 0.6) is 0 Å². The number of aromatic nitrogens is 2. The van der Waals surface area contributed by atoms with Crippen LogP contribution in [-0.4, -0.2) is 29.6 Å². The smallest absolute Gasteiger partial charge is 0.131 e. The maximum Gasteiger partial charge on any atom is 0.131 e. The van der Waals surface area contributed by atoms with Crippen molar-refractivity contribution in [1.29, 1.82) is 0 Å². The second kappa shape index (κ2) is 5.39. The van der Waals surface area contributed by atoms with Crippen LogP contribution in [0.25, 0.3) is 0 Å². The van der Waals surface area contributed by atoms with Gasteiger partial charge in [-0.3, -0.25) is 0 Å². The first-order valence-electron chi connectivity index (χ1n) is 4.71. The SMILES string of the molecule is CNc1cc(NCCC(C)N)ncn1. The molecule has 4 N–H and O–H groups in total. The lowest BCUT2D eigenvalue weighted by atomic mass is 10.2. The molecule has 0 amide bonds. The summed E-state index contributed by atoms with van der Waals surface area (Å²) in [5, 5.41) is 6.13. The van der Waals surface area contributed by atoms with E-state index in [9.17, 15) is 0 Å². The van der Waals surface area contributed by atoms with Crippen LogP contribution in [0.4, 0.5) is 11.6 Å². The first-order chi connectivity index (χ1) is 6.72. The lowest BCUT2D eigenvalue weighted by Gasteiger charge is -2.08. The first kappa shape index (κ1) is 10.7. The molecule has 0 spiro atoms. The highest BCUT2D eigenvalue weighted by atomic mass is 15.0. The summed E-state index contributed by atoms with van der Waals surface area (Å²) >= 11 is 0. The van der Waals surface area contributed by atoms with Crippen LogP contribution in [-0.2, 0) is 0 Å². The summed E-state index contributed by atoms with van der Waals surface area (Å²) in [5.74, 6) is 1.63. The summed E-state index contributed by atoms with van der Waals surface area (Å²) < 4.78 is 0. The molecule has 14 heavy (non-hydrogen) atoms. The van der Waals surface area contributed by atoms with Crippen LogP contribution in [0, 0.1) is 0 Å². The number of hydrogen-bond acceptors (Lipinski definition) is 5. The molecule has 0 saturated heterocycles. The molecule has 0 aliphatic heterocycles. The fraction of sp³-hybridized carbons (Fsp3) is 0.556. The Morgan fingerprint density at radius 3 is 2.79 bits per heavy atom. The van der Waals surface area contributed by atoms with Gasteiger partial charge in [-0.2, -0.15) is 0 Å². The lowest BCUT2D eigenvalue weighted by molar-refractivity contribution is 0.689. The Labute approximate surface area is 84.1 Å². The first-order valence-corrected chi connectivity index (χ1v) is 4.71. The van der Waals surface area contributed by atoms with Gasteiger partial charge in [0.05, 0.1) is 0 Å². The van der Waals surface area contributed by atoms with E-state index in [1.807, 2.05) is 20.0 Å². The molecule has 0 bridgehead atoms. The minimum Gasteiger partial charge on any atom is -0.373 e. The highest BCUT2D eigenvalue weighted by Gasteiger charge is 1.97. The van der Waals surface area contributed by atoms with E-state index in [2.05, 4.69) is 20.6 Å². The van der Waals surface area contributed by atoms with Crippen LogP contribution in [0.1, 0.15) is 13.3 Å². The molecular formula is C9H17N5. The van der Waals surface area contributed by atoms with E-state index in [0.717, 1.165) is 24.6 Å². The Kier molecular flexibility index (Phi) is 4.12. The second-order valence-corrected chi connectivity index (χ2v) is 3.23. The molecule has 0 fully saturated rings. The van der Waals surface area contributed by atoms with Gasteiger partial charge in [0.2, 0.25) is 0 Å². The summed E-state index contributed by atoms with van der Waals surface area (Å²) in [6.45, 7) is 2.82. The highest BCUT2D eigenvalue weighted by Crippen LogP contribution is 2.07. The zero-order valence-corrected chi connectivity index (χ0v) is 8.62. The van der Waals surface area contributed by atoms with Gasteiger partial charge in [-0.1, -0.05) is 0 Å². The molecule has 1 rings (SSSR count). The van der Waals surface area contributed by atoms with Crippen molar-refractivity contribution in [1.82, 2.24) is 9.97 Å². The Hall–Kier alpha value is -1.36. The van der Waals surface area contributed by atoms with Crippen LogP contribution < -0.4 is 16.4 Å². The van der Waals surface area contributed by atoms with E-state index in [-0.39, 0.29) is 6.04 Å². The molecule has 1 aromatic rings.